The SMILES string of the molecule is CS(=O)(=O)Nc1ccc(NCc2nccs2)cc1. The molecule has 0 unspecified atom stereocenters. The normalized spacial score (nSPS) is 11.2. The monoisotopic (exact) mass is 283 g/mol. The molecule has 0 fully saturated rings. The van der Waals surface area contributed by atoms with Gasteiger partial charge in [0.25, 0.3) is 0 Å². The Kier molecular flexibility index (Phi) is 3.83. The first kappa shape index (κ1) is 12.8. The predicted molar refractivity (Wildman–Crippen MR) is 74.3 cm³/mol. The van der Waals surface area contributed by atoms with Crippen LogP contribution in [0.15, 0.2) is 35.8 Å². The van der Waals surface area contributed by atoms with Gasteiger partial charge < -0.3 is 5.32 Å². The molecule has 1 aromatic carbocycles. The van der Waals surface area contributed by atoms with E-state index in [1.54, 1.807) is 29.7 Å². The van der Waals surface area contributed by atoms with E-state index in [1.165, 1.54) is 0 Å². The van der Waals surface area contributed by atoms with Crippen molar-refractivity contribution in [2.24, 2.45) is 0 Å². The second-order valence-corrected chi connectivity index (χ2v) is 6.46. The Morgan fingerprint density at radius 2 is 1.89 bits per heavy atom. The van der Waals surface area contributed by atoms with Crippen molar-refractivity contribution >= 4 is 32.7 Å². The molecule has 0 bridgehead atoms. The van der Waals surface area contributed by atoms with Gasteiger partial charge in [-0.25, -0.2) is 13.4 Å². The number of benzene rings is 1. The molecular weight excluding hydrogens is 270 g/mol. The third-order valence-corrected chi connectivity index (χ3v) is 3.50. The summed E-state index contributed by atoms with van der Waals surface area (Å²) in [6.07, 6.45) is 2.89. The quantitative estimate of drug-likeness (QED) is 0.882. The minimum Gasteiger partial charge on any atom is -0.379 e. The molecule has 0 saturated heterocycles. The van der Waals surface area contributed by atoms with Crippen molar-refractivity contribution in [2.45, 2.75) is 6.54 Å². The molecule has 0 aliphatic rings. The summed E-state index contributed by atoms with van der Waals surface area (Å²) in [6, 6.07) is 7.07. The average Bonchev–Trinajstić information content (AvgIpc) is 2.79. The van der Waals surface area contributed by atoms with Gasteiger partial charge in [-0.3, -0.25) is 4.72 Å². The third-order valence-electron chi connectivity index (χ3n) is 2.12. The van der Waals surface area contributed by atoms with Gasteiger partial charge in [-0.1, -0.05) is 0 Å². The number of thiazole rings is 1. The summed E-state index contributed by atoms with van der Waals surface area (Å²) >= 11 is 1.59. The molecule has 2 aromatic rings. The van der Waals surface area contributed by atoms with E-state index in [0.29, 0.717) is 12.2 Å². The second kappa shape index (κ2) is 5.36. The maximum atomic E-state index is 11.0. The first-order valence-electron chi connectivity index (χ1n) is 5.23. The molecule has 0 atom stereocenters. The fourth-order valence-corrected chi connectivity index (χ4v) is 2.51. The van der Waals surface area contributed by atoms with Crippen molar-refractivity contribution in [3.05, 3.63) is 40.8 Å². The summed E-state index contributed by atoms with van der Waals surface area (Å²) in [5.41, 5.74) is 1.47. The highest BCUT2D eigenvalue weighted by Gasteiger charge is 2.01. The van der Waals surface area contributed by atoms with Gasteiger partial charge in [0, 0.05) is 23.0 Å². The number of rotatable bonds is 5. The van der Waals surface area contributed by atoms with E-state index in [2.05, 4.69) is 15.0 Å². The number of hydrogen-bond donors (Lipinski definition) is 2. The van der Waals surface area contributed by atoms with Crippen molar-refractivity contribution in [3.8, 4) is 0 Å². The van der Waals surface area contributed by atoms with Gasteiger partial charge in [0.15, 0.2) is 0 Å². The molecule has 2 rings (SSSR count). The minimum atomic E-state index is -3.22. The molecule has 0 aliphatic heterocycles. The van der Waals surface area contributed by atoms with E-state index in [-0.39, 0.29) is 0 Å². The van der Waals surface area contributed by atoms with Crippen molar-refractivity contribution in [1.82, 2.24) is 4.98 Å². The van der Waals surface area contributed by atoms with E-state index in [0.717, 1.165) is 17.0 Å². The third kappa shape index (κ3) is 4.01. The number of aromatic nitrogens is 1. The Morgan fingerprint density at radius 3 is 2.44 bits per heavy atom. The summed E-state index contributed by atoms with van der Waals surface area (Å²) < 4.78 is 24.5. The molecule has 0 saturated carbocycles. The lowest BCUT2D eigenvalue weighted by Crippen LogP contribution is -2.09. The van der Waals surface area contributed by atoms with Gasteiger partial charge >= 0.3 is 0 Å². The van der Waals surface area contributed by atoms with Crippen molar-refractivity contribution in [1.29, 1.82) is 0 Å². The molecule has 1 aromatic heterocycles. The summed E-state index contributed by atoms with van der Waals surface area (Å²) in [5, 5.41) is 6.14. The maximum absolute atomic E-state index is 11.0. The zero-order chi connectivity index (χ0) is 13.0. The van der Waals surface area contributed by atoms with E-state index in [1.807, 2.05) is 17.5 Å². The highest BCUT2D eigenvalue weighted by Crippen LogP contribution is 2.15. The lowest BCUT2D eigenvalue weighted by molar-refractivity contribution is 0.607. The first-order chi connectivity index (χ1) is 8.53. The van der Waals surface area contributed by atoms with Gasteiger partial charge in [-0.15, -0.1) is 11.3 Å². The van der Waals surface area contributed by atoms with E-state index >= 15 is 0 Å². The van der Waals surface area contributed by atoms with Crippen LogP contribution in [-0.4, -0.2) is 19.7 Å². The Hall–Kier alpha value is -1.60. The van der Waals surface area contributed by atoms with Crippen LogP contribution in [0.2, 0.25) is 0 Å². The molecular formula is C11H13N3O2S2. The Bertz CT molecular complexity index is 592. The van der Waals surface area contributed by atoms with Crippen LogP contribution in [0.5, 0.6) is 0 Å². The smallest absolute Gasteiger partial charge is 0.229 e. The van der Waals surface area contributed by atoms with Gasteiger partial charge in [0.05, 0.1) is 12.8 Å². The van der Waals surface area contributed by atoms with Crippen molar-refractivity contribution in [3.63, 3.8) is 0 Å². The fourth-order valence-electron chi connectivity index (χ4n) is 1.39. The largest absolute Gasteiger partial charge is 0.379 e. The van der Waals surface area contributed by atoms with Crippen LogP contribution < -0.4 is 10.0 Å². The zero-order valence-electron chi connectivity index (χ0n) is 9.75. The first-order valence-corrected chi connectivity index (χ1v) is 8.00. The Balaban J connectivity index is 1.95. The van der Waals surface area contributed by atoms with Gasteiger partial charge in [-0.05, 0) is 24.3 Å². The minimum absolute atomic E-state index is 0.553. The van der Waals surface area contributed by atoms with Crippen LogP contribution in [-0.2, 0) is 16.6 Å². The molecule has 1 heterocycles. The van der Waals surface area contributed by atoms with Gasteiger partial charge in [0.1, 0.15) is 5.01 Å². The molecule has 7 heteroatoms. The molecule has 18 heavy (non-hydrogen) atoms. The van der Waals surface area contributed by atoms with E-state index < -0.39 is 10.0 Å². The molecule has 0 radical (unpaired) electrons. The number of nitrogens with one attached hydrogen (secondary N) is 2. The second-order valence-electron chi connectivity index (χ2n) is 3.73. The van der Waals surface area contributed by atoms with Crippen LogP contribution in [0.25, 0.3) is 0 Å². The molecule has 2 N–H and O–H groups in total. The lowest BCUT2D eigenvalue weighted by Gasteiger charge is -2.07. The highest BCUT2D eigenvalue weighted by atomic mass is 32.2. The van der Waals surface area contributed by atoms with Crippen LogP contribution in [0.4, 0.5) is 11.4 Å². The number of sulfonamides is 1. The number of nitrogens with zero attached hydrogens (tertiary/aromatic N) is 1. The van der Waals surface area contributed by atoms with Crippen molar-refractivity contribution in [2.75, 3.05) is 16.3 Å². The summed E-state index contributed by atoms with van der Waals surface area (Å²) in [5.74, 6) is 0. The fraction of sp³-hybridized carbons (Fsp3) is 0.182. The number of anilines is 2. The lowest BCUT2D eigenvalue weighted by atomic mass is 10.3. The summed E-state index contributed by atoms with van der Waals surface area (Å²) in [7, 11) is -3.22. The predicted octanol–water partition coefficient (Wildman–Crippen LogP) is 2.13. The standard InChI is InChI=1S/C11H13N3O2S2/c1-18(15,16)14-10-4-2-9(3-5-10)13-8-11-12-6-7-17-11/h2-7,13-14H,8H2,1H3. The molecule has 96 valence electrons. The topological polar surface area (TPSA) is 71.1 Å². The van der Waals surface area contributed by atoms with Gasteiger partial charge in [-0.2, -0.15) is 0 Å². The van der Waals surface area contributed by atoms with Gasteiger partial charge in [0.2, 0.25) is 10.0 Å². The zero-order valence-corrected chi connectivity index (χ0v) is 11.4. The Morgan fingerprint density at radius 1 is 1.22 bits per heavy atom. The van der Waals surface area contributed by atoms with Crippen molar-refractivity contribution < 1.29 is 8.42 Å². The summed E-state index contributed by atoms with van der Waals surface area (Å²) in [4.78, 5) is 4.16. The van der Waals surface area contributed by atoms with Crippen LogP contribution in [0.3, 0.4) is 0 Å². The highest BCUT2D eigenvalue weighted by molar-refractivity contribution is 7.92. The van der Waals surface area contributed by atoms with Crippen LogP contribution >= 0.6 is 11.3 Å². The van der Waals surface area contributed by atoms with Crippen LogP contribution in [0, 0.1) is 0 Å². The molecule has 0 amide bonds. The molecule has 5 nitrogen and oxygen atoms in total. The van der Waals surface area contributed by atoms with E-state index in [9.17, 15) is 8.42 Å². The summed E-state index contributed by atoms with van der Waals surface area (Å²) in [6.45, 7) is 0.663. The van der Waals surface area contributed by atoms with E-state index in [4.69, 9.17) is 0 Å². The Labute approximate surface area is 110 Å². The number of hydrogen-bond acceptors (Lipinski definition) is 5. The maximum Gasteiger partial charge on any atom is 0.229 e. The van der Waals surface area contributed by atoms with Crippen LogP contribution in [0.1, 0.15) is 5.01 Å². The molecule has 0 spiro atoms. The average molecular weight is 283 g/mol. The molecule has 0 aliphatic carbocycles.